The molecule has 0 aliphatic heterocycles. The molecule has 4 heteroatoms. The molecule has 4 nitrogen and oxygen atoms in total. The van der Waals surface area contributed by atoms with Gasteiger partial charge in [-0.15, -0.1) is 0 Å². The zero-order valence-corrected chi connectivity index (χ0v) is 14.0. The molecule has 0 saturated heterocycles. The smallest absolute Gasteiger partial charge is 0.348 e. The van der Waals surface area contributed by atoms with Crippen molar-refractivity contribution in [2.75, 3.05) is 6.61 Å². The number of hydrogen-bond acceptors (Lipinski definition) is 3. The van der Waals surface area contributed by atoms with E-state index in [0.717, 1.165) is 23.0 Å². The maximum absolute atomic E-state index is 11.9. The average molecular weight is 330 g/mol. The molecule has 0 bridgehead atoms. The fourth-order valence-electron chi connectivity index (χ4n) is 2.80. The lowest BCUT2D eigenvalue weighted by atomic mass is 10.1. The van der Waals surface area contributed by atoms with Crippen molar-refractivity contribution >= 4 is 22.9 Å². The Morgan fingerprint density at radius 2 is 1.88 bits per heavy atom. The molecule has 0 atom stereocenters. The summed E-state index contributed by atoms with van der Waals surface area (Å²) in [6, 6.07) is 20.0. The van der Waals surface area contributed by atoms with E-state index >= 15 is 0 Å². The molecule has 0 unspecified atom stereocenters. The highest BCUT2D eigenvalue weighted by atomic mass is 16.5. The van der Waals surface area contributed by atoms with E-state index < -0.39 is 5.97 Å². The quantitative estimate of drug-likeness (QED) is 0.401. The number of aromatic nitrogens is 1. The van der Waals surface area contributed by atoms with Gasteiger partial charge in [0.1, 0.15) is 11.6 Å². The first-order chi connectivity index (χ1) is 12.2. The molecule has 0 amide bonds. The van der Waals surface area contributed by atoms with Crippen LogP contribution >= 0.6 is 0 Å². The topological polar surface area (TPSA) is 55.0 Å². The van der Waals surface area contributed by atoms with Crippen molar-refractivity contribution in [3.8, 4) is 6.07 Å². The third kappa shape index (κ3) is 3.61. The first kappa shape index (κ1) is 16.5. The first-order valence-corrected chi connectivity index (χ1v) is 8.13. The van der Waals surface area contributed by atoms with E-state index in [1.807, 2.05) is 54.7 Å². The van der Waals surface area contributed by atoms with Crippen LogP contribution in [0.1, 0.15) is 18.1 Å². The molecular weight excluding hydrogens is 312 g/mol. The predicted molar refractivity (Wildman–Crippen MR) is 97.7 cm³/mol. The van der Waals surface area contributed by atoms with E-state index in [2.05, 4.69) is 16.7 Å². The summed E-state index contributed by atoms with van der Waals surface area (Å²) in [5.74, 6) is -0.593. The van der Waals surface area contributed by atoms with E-state index in [-0.39, 0.29) is 12.2 Å². The Labute approximate surface area is 146 Å². The third-order valence-electron chi connectivity index (χ3n) is 3.93. The van der Waals surface area contributed by atoms with Gasteiger partial charge in [0, 0.05) is 29.2 Å². The summed E-state index contributed by atoms with van der Waals surface area (Å²) in [7, 11) is 0. The van der Waals surface area contributed by atoms with Crippen LogP contribution in [0.25, 0.3) is 17.0 Å². The first-order valence-electron chi connectivity index (χ1n) is 8.13. The molecule has 1 aromatic heterocycles. The van der Waals surface area contributed by atoms with Gasteiger partial charge in [0.15, 0.2) is 0 Å². The van der Waals surface area contributed by atoms with Gasteiger partial charge in [0.05, 0.1) is 6.61 Å². The fraction of sp³-hybridized carbons (Fsp3) is 0.143. The Kier molecular flexibility index (Phi) is 4.96. The van der Waals surface area contributed by atoms with Crippen LogP contribution in [0.4, 0.5) is 0 Å². The molecule has 0 N–H and O–H groups in total. The zero-order valence-electron chi connectivity index (χ0n) is 14.0. The minimum atomic E-state index is -0.593. The summed E-state index contributed by atoms with van der Waals surface area (Å²) in [6.45, 7) is 2.68. The van der Waals surface area contributed by atoms with Crippen molar-refractivity contribution < 1.29 is 9.53 Å². The summed E-state index contributed by atoms with van der Waals surface area (Å²) < 4.78 is 7.07. The highest BCUT2D eigenvalue weighted by molar-refractivity contribution is 6.01. The number of para-hydroxylation sites is 1. The SMILES string of the molecule is CCOC(=O)/C(C#N)=C/c1cn(Cc2ccccc2)c2ccccc12. The molecular formula is C21H18N2O2. The van der Waals surface area contributed by atoms with Gasteiger partial charge in [-0.05, 0) is 24.6 Å². The number of nitriles is 1. The molecule has 0 aliphatic carbocycles. The van der Waals surface area contributed by atoms with Crippen LogP contribution in [0.3, 0.4) is 0 Å². The lowest BCUT2D eigenvalue weighted by Gasteiger charge is -2.05. The number of rotatable bonds is 5. The van der Waals surface area contributed by atoms with Crippen LogP contribution in [0.5, 0.6) is 0 Å². The Hall–Kier alpha value is -3.32. The third-order valence-corrected chi connectivity index (χ3v) is 3.93. The summed E-state index contributed by atoms with van der Waals surface area (Å²) in [6.07, 6.45) is 3.57. The van der Waals surface area contributed by atoms with Crippen LogP contribution < -0.4 is 0 Å². The Morgan fingerprint density at radius 3 is 2.60 bits per heavy atom. The normalized spacial score (nSPS) is 11.3. The summed E-state index contributed by atoms with van der Waals surface area (Å²) >= 11 is 0. The second-order valence-corrected chi connectivity index (χ2v) is 5.61. The lowest BCUT2D eigenvalue weighted by Crippen LogP contribution is -2.05. The highest BCUT2D eigenvalue weighted by Gasteiger charge is 2.13. The van der Waals surface area contributed by atoms with Crippen LogP contribution in [-0.2, 0) is 16.1 Å². The number of ether oxygens (including phenoxy) is 1. The number of nitrogens with zero attached hydrogens (tertiary/aromatic N) is 2. The molecule has 0 radical (unpaired) electrons. The minimum absolute atomic E-state index is 0.00413. The van der Waals surface area contributed by atoms with E-state index in [1.165, 1.54) is 5.56 Å². The van der Waals surface area contributed by atoms with Gasteiger partial charge >= 0.3 is 5.97 Å². The molecule has 3 aromatic rings. The van der Waals surface area contributed by atoms with Gasteiger partial charge in [-0.1, -0.05) is 48.5 Å². The lowest BCUT2D eigenvalue weighted by molar-refractivity contribution is -0.137. The van der Waals surface area contributed by atoms with E-state index in [9.17, 15) is 10.1 Å². The van der Waals surface area contributed by atoms with Crippen LogP contribution in [-0.4, -0.2) is 17.1 Å². The Bertz CT molecular complexity index is 962. The Morgan fingerprint density at radius 1 is 1.16 bits per heavy atom. The molecule has 1 heterocycles. The average Bonchev–Trinajstić information content (AvgIpc) is 2.98. The van der Waals surface area contributed by atoms with Crippen LogP contribution in [0.2, 0.25) is 0 Å². The number of benzene rings is 2. The van der Waals surface area contributed by atoms with Crippen molar-refractivity contribution in [3.05, 3.63) is 77.5 Å². The van der Waals surface area contributed by atoms with Gasteiger partial charge in [0.2, 0.25) is 0 Å². The number of hydrogen-bond donors (Lipinski definition) is 0. The van der Waals surface area contributed by atoms with Crippen LogP contribution in [0, 0.1) is 11.3 Å². The van der Waals surface area contributed by atoms with Crippen molar-refractivity contribution in [1.29, 1.82) is 5.26 Å². The van der Waals surface area contributed by atoms with E-state index in [0.29, 0.717) is 0 Å². The predicted octanol–water partition coefficient (Wildman–Crippen LogP) is 4.16. The van der Waals surface area contributed by atoms with Gasteiger partial charge in [-0.25, -0.2) is 4.79 Å². The van der Waals surface area contributed by atoms with Crippen LogP contribution in [0.15, 0.2) is 66.4 Å². The molecule has 0 saturated carbocycles. The maximum Gasteiger partial charge on any atom is 0.348 e. The number of carbonyl (C=O) groups excluding carboxylic acids is 1. The van der Waals surface area contributed by atoms with Gasteiger partial charge < -0.3 is 9.30 Å². The van der Waals surface area contributed by atoms with E-state index in [1.54, 1.807) is 13.0 Å². The summed E-state index contributed by atoms with van der Waals surface area (Å²) in [5.41, 5.74) is 3.07. The second kappa shape index (κ2) is 7.50. The summed E-state index contributed by atoms with van der Waals surface area (Å²) in [4.78, 5) is 11.9. The molecule has 124 valence electrons. The maximum atomic E-state index is 11.9. The van der Waals surface area contributed by atoms with Crippen molar-refractivity contribution in [3.63, 3.8) is 0 Å². The second-order valence-electron chi connectivity index (χ2n) is 5.61. The highest BCUT2D eigenvalue weighted by Crippen LogP contribution is 2.24. The molecule has 2 aromatic carbocycles. The van der Waals surface area contributed by atoms with E-state index in [4.69, 9.17) is 4.74 Å². The fourth-order valence-corrected chi connectivity index (χ4v) is 2.80. The number of fused-ring (bicyclic) bond motifs is 1. The van der Waals surface area contributed by atoms with Crippen molar-refractivity contribution in [1.82, 2.24) is 4.57 Å². The monoisotopic (exact) mass is 330 g/mol. The molecule has 0 fully saturated rings. The summed E-state index contributed by atoms with van der Waals surface area (Å²) in [5, 5.41) is 10.3. The van der Waals surface area contributed by atoms with Crippen molar-refractivity contribution in [2.45, 2.75) is 13.5 Å². The standard InChI is InChI=1S/C21H18N2O2/c1-2-25-21(24)17(13-22)12-18-15-23(14-16-8-4-3-5-9-16)20-11-7-6-10-19(18)20/h3-12,15H,2,14H2,1H3/b17-12+. The molecule has 0 aliphatic rings. The largest absolute Gasteiger partial charge is 0.462 e. The van der Waals surface area contributed by atoms with Crippen molar-refractivity contribution in [2.24, 2.45) is 0 Å². The molecule has 3 rings (SSSR count). The molecule has 0 spiro atoms. The van der Waals surface area contributed by atoms with Gasteiger partial charge in [-0.2, -0.15) is 5.26 Å². The molecule has 25 heavy (non-hydrogen) atoms. The zero-order chi connectivity index (χ0) is 17.6. The van der Waals surface area contributed by atoms with Gasteiger partial charge in [0.25, 0.3) is 0 Å². The minimum Gasteiger partial charge on any atom is -0.462 e. The number of carbonyl (C=O) groups is 1. The Balaban J connectivity index is 2.05. The van der Waals surface area contributed by atoms with Gasteiger partial charge in [-0.3, -0.25) is 0 Å². The number of esters is 1.